The van der Waals surface area contributed by atoms with Crippen LogP contribution in [0.25, 0.3) is 0 Å². The predicted octanol–water partition coefficient (Wildman–Crippen LogP) is 6.52. The van der Waals surface area contributed by atoms with Crippen molar-refractivity contribution in [3.8, 4) is 5.75 Å². The molecule has 0 aliphatic carbocycles. The fraction of sp³-hybridized carbons (Fsp3) is 0.357. The van der Waals surface area contributed by atoms with Crippen LogP contribution >= 0.6 is 28.3 Å². The molecule has 1 heterocycles. The molecule has 2 unspecified atom stereocenters. The molecule has 0 amide bonds. The van der Waals surface area contributed by atoms with Gasteiger partial charge in [0.2, 0.25) is 0 Å². The van der Waals surface area contributed by atoms with Crippen LogP contribution in [0.15, 0.2) is 83.3 Å². The molecule has 2 atom stereocenters. The second kappa shape index (κ2) is 14.5. The van der Waals surface area contributed by atoms with E-state index in [1.807, 2.05) is 30.3 Å². The van der Waals surface area contributed by atoms with Crippen molar-refractivity contribution in [2.45, 2.75) is 38.1 Å². The van der Waals surface area contributed by atoms with Gasteiger partial charge < -0.3 is 19.5 Å². The average Bonchev–Trinajstić information content (AvgIpc) is 2.86. The molecule has 0 aromatic heterocycles. The minimum absolute atomic E-state index is 0. The van der Waals surface area contributed by atoms with Crippen molar-refractivity contribution in [1.82, 2.24) is 5.32 Å². The van der Waals surface area contributed by atoms with Gasteiger partial charge in [0.1, 0.15) is 5.75 Å². The first-order valence-electron chi connectivity index (χ1n) is 11.7. The van der Waals surface area contributed by atoms with Gasteiger partial charge in [-0.3, -0.25) is 0 Å². The van der Waals surface area contributed by atoms with Gasteiger partial charge in [-0.05, 0) is 53.9 Å². The predicted molar refractivity (Wildman–Crippen MR) is 143 cm³/mol. The number of ether oxygens (including phenoxy) is 3. The maximum atomic E-state index is 6.33. The van der Waals surface area contributed by atoms with E-state index < -0.39 is 0 Å². The zero-order valence-corrected chi connectivity index (χ0v) is 21.7. The fourth-order valence-corrected chi connectivity index (χ4v) is 4.59. The van der Waals surface area contributed by atoms with Crippen LogP contribution in [0.3, 0.4) is 0 Å². The number of halogens is 2. The van der Waals surface area contributed by atoms with Gasteiger partial charge in [0.15, 0.2) is 0 Å². The van der Waals surface area contributed by atoms with Crippen LogP contribution in [-0.2, 0) is 22.7 Å². The van der Waals surface area contributed by atoms with Crippen molar-refractivity contribution in [1.29, 1.82) is 0 Å². The Morgan fingerprint density at radius 3 is 2.44 bits per heavy atom. The van der Waals surface area contributed by atoms with Crippen LogP contribution in [0.4, 0.5) is 0 Å². The molecular formula is C28H33BrClNO3. The number of piperidine rings is 1. The zero-order chi connectivity index (χ0) is 22.7. The van der Waals surface area contributed by atoms with Gasteiger partial charge in [-0.2, -0.15) is 0 Å². The Kier molecular flexibility index (Phi) is 11.4. The number of benzene rings is 3. The Hall–Kier alpha value is -1.89. The molecule has 3 aromatic carbocycles. The molecule has 182 valence electrons. The number of nitrogens with one attached hydrogen (secondary N) is 1. The summed E-state index contributed by atoms with van der Waals surface area (Å²) in [5.74, 6) is 1.29. The second-order valence-corrected chi connectivity index (χ2v) is 9.30. The van der Waals surface area contributed by atoms with Crippen molar-refractivity contribution < 1.29 is 14.2 Å². The van der Waals surface area contributed by atoms with Gasteiger partial charge in [-0.15, -0.1) is 12.4 Å². The Bertz CT molecular complexity index is 971. The zero-order valence-electron chi connectivity index (χ0n) is 19.3. The van der Waals surface area contributed by atoms with E-state index in [0.29, 0.717) is 32.3 Å². The summed E-state index contributed by atoms with van der Waals surface area (Å²) >= 11 is 3.54. The van der Waals surface area contributed by atoms with Gasteiger partial charge in [-0.25, -0.2) is 0 Å². The van der Waals surface area contributed by atoms with Crippen LogP contribution in [0.2, 0.25) is 0 Å². The third kappa shape index (κ3) is 8.40. The van der Waals surface area contributed by atoms with E-state index in [-0.39, 0.29) is 18.5 Å². The Labute approximate surface area is 217 Å². The van der Waals surface area contributed by atoms with E-state index in [1.54, 1.807) is 0 Å². The maximum absolute atomic E-state index is 6.33. The van der Waals surface area contributed by atoms with E-state index in [9.17, 15) is 0 Å². The molecule has 1 aliphatic rings. The summed E-state index contributed by atoms with van der Waals surface area (Å²) < 4.78 is 19.1. The van der Waals surface area contributed by atoms with Crippen LogP contribution in [0, 0.1) is 0 Å². The van der Waals surface area contributed by atoms with Crippen molar-refractivity contribution in [3.63, 3.8) is 0 Å². The summed E-state index contributed by atoms with van der Waals surface area (Å²) in [6.07, 6.45) is 2.10. The lowest BCUT2D eigenvalue weighted by atomic mass is 9.87. The van der Waals surface area contributed by atoms with Gasteiger partial charge in [0.25, 0.3) is 0 Å². The van der Waals surface area contributed by atoms with E-state index in [0.717, 1.165) is 36.2 Å². The molecule has 0 bridgehead atoms. The number of hydrogen-bond acceptors (Lipinski definition) is 4. The first-order chi connectivity index (χ1) is 16.3. The number of rotatable bonds is 11. The first-order valence-corrected chi connectivity index (χ1v) is 12.5. The molecule has 1 fully saturated rings. The van der Waals surface area contributed by atoms with Gasteiger partial charge in [0.05, 0.1) is 32.5 Å². The highest BCUT2D eigenvalue weighted by Crippen LogP contribution is 2.30. The SMILES string of the molecule is Brc1cccc(COC2CNCCC2c2ccc(OCCCOCc3ccccc3)cc2)c1.Cl. The average molecular weight is 547 g/mol. The van der Waals surface area contributed by atoms with E-state index in [2.05, 4.69) is 69.8 Å². The van der Waals surface area contributed by atoms with E-state index >= 15 is 0 Å². The maximum Gasteiger partial charge on any atom is 0.119 e. The lowest BCUT2D eigenvalue weighted by molar-refractivity contribution is 0.0106. The van der Waals surface area contributed by atoms with Crippen molar-refractivity contribution in [3.05, 3.63) is 100 Å². The lowest BCUT2D eigenvalue weighted by Crippen LogP contribution is -2.40. The molecule has 0 radical (unpaired) electrons. The third-order valence-corrected chi connectivity index (χ3v) is 6.39. The van der Waals surface area contributed by atoms with E-state index in [4.69, 9.17) is 14.2 Å². The summed E-state index contributed by atoms with van der Waals surface area (Å²) in [5.41, 5.74) is 3.70. The summed E-state index contributed by atoms with van der Waals surface area (Å²) in [7, 11) is 0. The van der Waals surface area contributed by atoms with Crippen LogP contribution in [0.5, 0.6) is 5.75 Å². The van der Waals surface area contributed by atoms with Crippen LogP contribution in [0.1, 0.15) is 35.4 Å². The normalized spacial score (nSPS) is 17.7. The highest BCUT2D eigenvalue weighted by atomic mass is 79.9. The molecule has 6 heteroatoms. The summed E-state index contributed by atoms with van der Waals surface area (Å²) in [6.45, 7) is 4.51. The van der Waals surface area contributed by atoms with Gasteiger partial charge >= 0.3 is 0 Å². The number of hydrogen-bond donors (Lipinski definition) is 1. The molecule has 4 rings (SSSR count). The molecule has 1 aliphatic heterocycles. The minimum atomic E-state index is 0. The third-order valence-electron chi connectivity index (χ3n) is 5.90. The standard InChI is InChI=1S/C28H32BrNO3.ClH/c29-25-9-4-8-23(18-25)21-33-28-19-30-15-14-27(28)24-10-12-26(13-11-24)32-17-5-16-31-20-22-6-2-1-3-7-22;/h1-4,6-13,18,27-28,30H,5,14-17,19-21H2;1H. The van der Waals surface area contributed by atoms with Crippen molar-refractivity contribution in [2.75, 3.05) is 26.3 Å². The van der Waals surface area contributed by atoms with Crippen molar-refractivity contribution >= 4 is 28.3 Å². The molecule has 3 aromatic rings. The van der Waals surface area contributed by atoms with Crippen LogP contribution < -0.4 is 10.1 Å². The molecular weight excluding hydrogens is 514 g/mol. The van der Waals surface area contributed by atoms with Crippen molar-refractivity contribution in [2.24, 2.45) is 0 Å². The molecule has 1 saturated heterocycles. The Morgan fingerprint density at radius 2 is 1.65 bits per heavy atom. The molecule has 1 N–H and O–H groups in total. The minimum Gasteiger partial charge on any atom is -0.494 e. The van der Waals surface area contributed by atoms with Gasteiger partial charge in [0, 0.05) is 23.4 Å². The molecule has 4 nitrogen and oxygen atoms in total. The van der Waals surface area contributed by atoms with Crippen LogP contribution in [-0.4, -0.2) is 32.4 Å². The Morgan fingerprint density at radius 1 is 0.853 bits per heavy atom. The molecule has 0 saturated carbocycles. The Balaban J connectivity index is 0.00000324. The summed E-state index contributed by atoms with van der Waals surface area (Å²) in [4.78, 5) is 0. The summed E-state index contributed by atoms with van der Waals surface area (Å²) in [6, 6.07) is 27.1. The highest BCUT2D eigenvalue weighted by Gasteiger charge is 2.27. The second-order valence-electron chi connectivity index (χ2n) is 8.39. The quantitative estimate of drug-likeness (QED) is 0.278. The highest BCUT2D eigenvalue weighted by molar-refractivity contribution is 9.10. The topological polar surface area (TPSA) is 39.7 Å². The summed E-state index contributed by atoms with van der Waals surface area (Å²) in [5, 5.41) is 3.48. The smallest absolute Gasteiger partial charge is 0.119 e. The first kappa shape index (κ1) is 26.7. The fourth-order valence-electron chi connectivity index (χ4n) is 4.14. The molecule has 0 spiro atoms. The van der Waals surface area contributed by atoms with Gasteiger partial charge in [-0.1, -0.05) is 70.5 Å². The molecule has 34 heavy (non-hydrogen) atoms. The lowest BCUT2D eigenvalue weighted by Gasteiger charge is -2.32. The monoisotopic (exact) mass is 545 g/mol. The largest absolute Gasteiger partial charge is 0.494 e. The van der Waals surface area contributed by atoms with E-state index in [1.165, 1.54) is 16.7 Å².